The Labute approximate surface area is 151 Å². The molecule has 0 radical (unpaired) electrons. The summed E-state index contributed by atoms with van der Waals surface area (Å²) in [6, 6.07) is 19.0. The minimum absolute atomic E-state index is 0.141. The van der Waals surface area contributed by atoms with Gasteiger partial charge in [-0.1, -0.05) is 48.0 Å². The third-order valence-electron chi connectivity index (χ3n) is 4.25. The van der Waals surface area contributed by atoms with Crippen LogP contribution in [-0.4, -0.2) is 8.42 Å². The van der Waals surface area contributed by atoms with E-state index in [1.807, 2.05) is 25.1 Å². The highest BCUT2D eigenvalue weighted by molar-refractivity contribution is 7.92. The van der Waals surface area contributed by atoms with E-state index in [0.29, 0.717) is 16.4 Å². The first-order chi connectivity index (χ1) is 12.5. The van der Waals surface area contributed by atoms with Crippen LogP contribution >= 0.6 is 0 Å². The molecule has 6 nitrogen and oxygen atoms in total. The number of nitrogens with zero attached hydrogens (tertiary/aromatic N) is 1. The van der Waals surface area contributed by atoms with E-state index in [1.165, 1.54) is 12.1 Å². The van der Waals surface area contributed by atoms with Gasteiger partial charge in [0.2, 0.25) is 0 Å². The van der Waals surface area contributed by atoms with E-state index in [1.54, 1.807) is 36.4 Å². The molecule has 2 N–H and O–H groups in total. The van der Waals surface area contributed by atoms with Gasteiger partial charge in [-0.25, -0.2) is 8.42 Å². The summed E-state index contributed by atoms with van der Waals surface area (Å²) in [6.45, 7) is 1.88. The van der Waals surface area contributed by atoms with Gasteiger partial charge in [-0.3, -0.25) is 4.72 Å². The summed E-state index contributed by atoms with van der Waals surface area (Å²) >= 11 is 0. The van der Waals surface area contributed by atoms with E-state index in [0.717, 1.165) is 11.1 Å². The molecule has 3 aromatic carbocycles. The zero-order chi connectivity index (χ0) is 18.3. The number of anilines is 3. The fraction of sp³-hybridized carbons (Fsp3) is 0.0526. The zero-order valence-corrected chi connectivity index (χ0v) is 14.7. The van der Waals surface area contributed by atoms with Crippen LogP contribution in [0.4, 0.5) is 17.1 Å². The lowest BCUT2D eigenvalue weighted by Gasteiger charge is -2.39. The van der Waals surface area contributed by atoms with Gasteiger partial charge >= 0.3 is 0 Å². The molecule has 0 fully saturated rings. The lowest BCUT2D eigenvalue weighted by atomic mass is 9.99. The van der Waals surface area contributed by atoms with Gasteiger partial charge < -0.3 is 15.8 Å². The highest BCUT2D eigenvalue weighted by Gasteiger charge is 2.22. The monoisotopic (exact) mass is 366 g/mol. The van der Waals surface area contributed by atoms with Crippen molar-refractivity contribution in [2.24, 2.45) is 0 Å². The van der Waals surface area contributed by atoms with E-state index >= 15 is 0 Å². The Kier molecular flexibility index (Phi) is 3.82. The van der Waals surface area contributed by atoms with Crippen LogP contribution in [0.1, 0.15) is 5.56 Å². The van der Waals surface area contributed by atoms with E-state index in [2.05, 4.69) is 10.1 Å². The maximum atomic E-state index is 12.7. The Morgan fingerprint density at radius 3 is 2.38 bits per heavy atom. The summed E-state index contributed by atoms with van der Waals surface area (Å²) < 4.78 is 27.9. The maximum Gasteiger partial charge on any atom is 0.261 e. The van der Waals surface area contributed by atoms with Crippen molar-refractivity contribution in [1.29, 1.82) is 0 Å². The summed E-state index contributed by atoms with van der Waals surface area (Å²) in [6.07, 6.45) is 0. The number of aryl methyl sites for hydroxylation is 1. The SMILES string of the molecule is Cc1ccc(S(=O)(=O)Nc2cccc3c2N([O-])Nc2ccccc2-3)cc1. The lowest BCUT2D eigenvalue weighted by molar-refractivity contribution is 0.601. The summed E-state index contributed by atoms with van der Waals surface area (Å²) in [7, 11) is -3.81. The number of para-hydroxylation sites is 2. The highest BCUT2D eigenvalue weighted by Crippen LogP contribution is 2.44. The first-order valence-electron chi connectivity index (χ1n) is 8.01. The van der Waals surface area contributed by atoms with Crippen molar-refractivity contribution >= 4 is 27.1 Å². The van der Waals surface area contributed by atoms with Crippen molar-refractivity contribution in [3.63, 3.8) is 0 Å². The van der Waals surface area contributed by atoms with Crippen molar-refractivity contribution in [2.45, 2.75) is 11.8 Å². The van der Waals surface area contributed by atoms with Crippen molar-refractivity contribution in [3.8, 4) is 11.1 Å². The molecular weight excluding hydrogens is 350 g/mol. The highest BCUT2D eigenvalue weighted by atomic mass is 32.2. The normalized spacial score (nSPS) is 12.8. The molecule has 0 bridgehead atoms. The molecule has 0 saturated carbocycles. The molecule has 1 aliphatic heterocycles. The second kappa shape index (κ2) is 6.05. The second-order valence-electron chi connectivity index (χ2n) is 6.07. The van der Waals surface area contributed by atoms with Crippen molar-refractivity contribution in [3.05, 3.63) is 77.5 Å². The van der Waals surface area contributed by atoms with Crippen LogP contribution < -0.4 is 15.3 Å². The molecule has 4 rings (SSSR count). The topological polar surface area (TPSA) is 84.5 Å². The lowest BCUT2D eigenvalue weighted by Crippen LogP contribution is -2.28. The average molecular weight is 366 g/mol. The van der Waals surface area contributed by atoms with Crippen LogP contribution in [-0.2, 0) is 10.0 Å². The molecule has 0 spiro atoms. The second-order valence-corrected chi connectivity index (χ2v) is 7.75. The molecule has 0 saturated heterocycles. The molecule has 0 aromatic heterocycles. The van der Waals surface area contributed by atoms with Gasteiger partial charge in [0, 0.05) is 11.1 Å². The number of hydrogen-bond acceptors (Lipinski definition) is 5. The maximum absolute atomic E-state index is 12.7. The molecule has 1 heterocycles. The predicted molar refractivity (Wildman–Crippen MR) is 103 cm³/mol. The quantitative estimate of drug-likeness (QED) is 0.729. The van der Waals surface area contributed by atoms with Gasteiger partial charge in [-0.05, 0) is 31.2 Å². The Morgan fingerprint density at radius 2 is 1.62 bits per heavy atom. The zero-order valence-electron chi connectivity index (χ0n) is 13.9. The summed E-state index contributed by atoms with van der Waals surface area (Å²) in [4.78, 5) is 0.141. The number of hydrazine groups is 1. The van der Waals surface area contributed by atoms with Crippen molar-refractivity contribution in [1.82, 2.24) is 0 Å². The number of benzene rings is 3. The predicted octanol–water partition coefficient (Wildman–Crippen LogP) is 4.11. The molecule has 0 aliphatic carbocycles. The Bertz CT molecular complexity index is 1080. The van der Waals surface area contributed by atoms with Gasteiger partial charge in [-0.15, -0.1) is 0 Å². The number of sulfonamides is 1. The van der Waals surface area contributed by atoms with Gasteiger partial charge in [0.25, 0.3) is 10.0 Å². The van der Waals surface area contributed by atoms with Crippen molar-refractivity contribution in [2.75, 3.05) is 15.3 Å². The molecular formula is C19H16N3O3S-. The fourth-order valence-corrected chi connectivity index (χ4v) is 4.03. The van der Waals surface area contributed by atoms with Crippen LogP contribution in [0.15, 0.2) is 71.6 Å². The third-order valence-corrected chi connectivity index (χ3v) is 5.64. The number of rotatable bonds is 3. The van der Waals surface area contributed by atoms with Crippen LogP contribution in [0.2, 0.25) is 0 Å². The molecule has 0 amide bonds. The van der Waals surface area contributed by atoms with Crippen molar-refractivity contribution < 1.29 is 8.42 Å². The fourth-order valence-electron chi connectivity index (χ4n) is 2.96. The summed E-state index contributed by atoms with van der Waals surface area (Å²) in [5, 5.41) is 13.1. The largest absolute Gasteiger partial charge is 0.739 e. The van der Waals surface area contributed by atoms with E-state index in [9.17, 15) is 13.6 Å². The molecule has 0 unspecified atom stereocenters. The first kappa shape index (κ1) is 16.4. The van der Waals surface area contributed by atoms with Crippen LogP contribution in [0.5, 0.6) is 0 Å². The molecule has 26 heavy (non-hydrogen) atoms. The van der Waals surface area contributed by atoms with Gasteiger partial charge in [-0.2, -0.15) is 0 Å². The van der Waals surface area contributed by atoms with Crippen LogP contribution in [0.3, 0.4) is 0 Å². The summed E-state index contributed by atoms with van der Waals surface area (Å²) in [5.74, 6) is 0. The summed E-state index contributed by atoms with van der Waals surface area (Å²) in [5.41, 5.74) is 6.34. The Balaban J connectivity index is 1.79. The number of hydrogen-bond donors (Lipinski definition) is 2. The smallest absolute Gasteiger partial charge is 0.261 e. The molecule has 132 valence electrons. The van der Waals surface area contributed by atoms with E-state index in [-0.39, 0.29) is 16.3 Å². The Hall–Kier alpha value is -3.03. The molecule has 0 atom stereocenters. The number of fused-ring (bicyclic) bond motifs is 3. The van der Waals surface area contributed by atoms with Crippen LogP contribution in [0, 0.1) is 12.1 Å². The molecule has 7 heteroatoms. The molecule has 1 aliphatic rings. The van der Waals surface area contributed by atoms with Gasteiger partial charge in [0.1, 0.15) is 0 Å². The number of nitrogens with one attached hydrogen (secondary N) is 2. The minimum Gasteiger partial charge on any atom is -0.739 e. The Morgan fingerprint density at radius 1 is 0.923 bits per heavy atom. The average Bonchev–Trinajstić information content (AvgIpc) is 2.62. The molecule has 3 aromatic rings. The van der Waals surface area contributed by atoms with Gasteiger partial charge in [0.05, 0.1) is 22.0 Å². The first-order valence-corrected chi connectivity index (χ1v) is 9.50. The minimum atomic E-state index is -3.81. The standard InChI is InChI=1S/C19H16N3O3S/c1-13-9-11-14(12-10-13)26(24,25)21-18-8-4-6-16-15-5-2-3-7-17(15)20-22(23)19(16)18/h2-12,20-21H,1H3/q-1. The van der Waals surface area contributed by atoms with Gasteiger partial charge in [0.15, 0.2) is 0 Å². The van der Waals surface area contributed by atoms with E-state index < -0.39 is 10.0 Å². The van der Waals surface area contributed by atoms with E-state index in [4.69, 9.17) is 0 Å². The third kappa shape index (κ3) is 2.77. The van der Waals surface area contributed by atoms with Crippen LogP contribution in [0.25, 0.3) is 11.1 Å².